The molecule has 0 spiro atoms. The molecule has 6 nitrogen and oxygen atoms in total. The van der Waals surface area contributed by atoms with Crippen molar-refractivity contribution in [3.05, 3.63) is 29.5 Å². The molecular formula is C17H18N2O4. The third-order valence-electron chi connectivity index (χ3n) is 3.05. The van der Waals surface area contributed by atoms with E-state index in [9.17, 15) is 4.79 Å². The van der Waals surface area contributed by atoms with Crippen LogP contribution in [0.5, 0.6) is 11.5 Å². The molecule has 0 unspecified atom stereocenters. The highest BCUT2D eigenvalue weighted by Gasteiger charge is 2.31. The molecule has 23 heavy (non-hydrogen) atoms. The molecule has 0 saturated heterocycles. The van der Waals surface area contributed by atoms with Crippen LogP contribution in [-0.4, -0.2) is 25.6 Å². The summed E-state index contributed by atoms with van der Waals surface area (Å²) in [6.45, 7) is 5.70. The first-order chi connectivity index (χ1) is 10.8. The van der Waals surface area contributed by atoms with E-state index in [1.807, 2.05) is 26.8 Å². The van der Waals surface area contributed by atoms with Gasteiger partial charge in [0.25, 0.3) is 0 Å². The molecule has 120 valence electrons. The number of rotatable bonds is 4. The third kappa shape index (κ3) is 3.89. The van der Waals surface area contributed by atoms with Crippen molar-refractivity contribution in [1.82, 2.24) is 0 Å². The number of aliphatic imine (C=N–C) groups is 1. The number of methoxy groups -OCH3 is 1. The van der Waals surface area contributed by atoms with E-state index in [1.54, 1.807) is 24.3 Å². The lowest BCUT2D eigenvalue weighted by atomic mass is 9.97. The van der Waals surface area contributed by atoms with Crippen LogP contribution in [-0.2, 0) is 9.53 Å². The Labute approximate surface area is 135 Å². The summed E-state index contributed by atoms with van der Waals surface area (Å²) in [5.74, 6) is 0.860. The van der Waals surface area contributed by atoms with Gasteiger partial charge in [-0.25, -0.2) is 9.79 Å². The minimum Gasteiger partial charge on any atom is -0.493 e. The zero-order valence-corrected chi connectivity index (χ0v) is 13.5. The predicted octanol–water partition coefficient (Wildman–Crippen LogP) is 2.94. The SMILES string of the molecule is COc1cc(/C=C2\N=C(C(C)(C)C)OC2=O)ccc1OCC#N. The van der Waals surface area contributed by atoms with Gasteiger partial charge in [0.1, 0.15) is 6.07 Å². The summed E-state index contributed by atoms with van der Waals surface area (Å²) in [5.41, 5.74) is 0.623. The van der Waals surface area contributed by atoms with Crippen LogP contribution in [0.4, 0.5) is 0 Å². The average molecular weight is 314 g/mol. The fraction of sp³-hybridized carbons (Fsp3) is 0.353. The number of hydrogen-bond donors (Lipinski definition) is 0. The van der Waals surface area contributed by atoms with Gasteiger partial charge in [0.05, 0.1) is 7.11 Å². The quantitative estimate of drug-likeness (QED) is 0.630. The second-order valence-electron chi connectivity index (χ2n) is 5.94. The Morgan fingerprint density at radius 1 is 1.35 bits per heavy atom. The van der Waals surface area contributed by atoms with Crippen LogP contribution in [0.2, 0.25) is 0 Å². The summed E-state index contributed by atoms with van der Waals surface area (Å²) in [6, 6.07) is 7.03. The van der Waals surface area contributed by atoms with Crippen LogP contribution in [0.3, 0.4) is 0 Å². The van der Waals surface area contributed by atoms with Crippen LogP contribution in [0, 0.1) is 16.7 Å². The monoisotopic (exact) mass is 314 g/mol. The van der Waals surface area contributed by atoms with Gasteiger partial charge in [-0.05, 0) is 23.8 Å². The number of hydrogen-bond acceptors (Lipinski definition) is 6. The molecule has 1 aromatic carbocycles. The van der Waals surface area contributed by atoms with Gasteiger partial charge < -0.3 is 14.2 Å². The molecule has 2 rings (SSSR count). The Kier molecular flexibility index (Phi) is 4.70. The van der Waals surface area contributed by atoms with Gasteiger partial charge in [-0.3, -0.25) is 0 Å². The van der Waals surface area contributed by atoms with Crippen LogP contribution in [0.25, 0.3) is 6.08 Å². The first kappa shape index (κ1) is 16.6. The molecule has 0 radical (unpaired) electrons. The molecule has 0 N–H and O–H groups in total. The maximum atomic E-state index is 11.9. The number of esters is 1. The lowest BCUT2D eigenvalue weighted by Gasteiger charge is -2.15. The molecule has 1 aliphatic heterocycles. The van der Waals surface area contributed by atoms with Crippen LogP contribution in [0.1, 0.15) is 26.3 Å². The van der Waals surface area contributed by atoms with E-state index >= 15 is 0 Å². The maximum Gasteiger partial charge on any atom is 0.363 e. The second-order valence-corrected chi connectivity index (χ2v) is 5.94. The van der Waals surface area contributed by atoms with Crippen LogP contribution >= 0.6 is 0 Å². The molecule has 0 fully saturated rings. The average Bonchev–Trinajstić information content (AvgIpc) is 2.87. The molecule has 1 heterocycles. The molecule has 6 heteroatoms. The minimum absolute atomic E-state index is 0.0671. The number of ether oxygens (including phenoxy) is 3. The van der Waals surface area contributed by atoms with E-state index in [1.165, 1.54) is 7.11 Å². The van der Waals surface area contributed by atoms with Crippen molar-refractivity contribution < 1.29 is 19.0 Å². The molecule has 1 aromatic rings. The van der Waals surface area contributed by atoms with Gasteiger partial charge in [-0.1, -0.05) is 26.8 Å². The van der Waals surface area contributed by atoms with Gasteiger partial charge in [0.2, 0.25) is 5.90 Å². The normalized spacial score (nSPS) is 15.9. The van der Waals surface area contributed by atoms with E-state index in [4.69, 9.17) is 19.5 Å². The lowest BCUT2D eigenvalue weighted by molar-refractivity contribution is -0.130. The molecule has 0 aromatic heterocycles. The van der Waals surface area contributed by atoms with Crippen LogP contribution < -0.4 is 9.47 Å². The van der Waals surface area contributed by atoms with Crippen molar-refractivity contribution in [2.24, 2.45) is 10.4 Å². The van der Waals surface area contributed by atoms with Gasteiger partial charge >= 0.3 is 5.97 Å². The highest BCUT2D eigenvalue weighted by atomic mass is 16.6. The highest BCUT2D eigenvalue weighted by molar-refractivity contribution is 6.08. The van der Waals surface area contributed by atoms with E-state index in [-0.39, 0.29) is 17.7 Å². The van der Waals surface area contributed by atoms with Crippen molar-refractivity contribution in [3.63, 3.8) is 0 Å². The van der Waals surface area contributed by atoms with E-state index in [0.29, 0.717) is 17.4 Å². The number of nitrogens with zero attached hydrogens (tertiary/aromatic N) is 2. The summed E-state index contributed by atoms with van der Waals surface area (Å²) >= 11 is 0. The summed E-state index contributed by atoms with van der Waals surface area (Å²) in [4.78, 5) is 16.2. The Balaban J connectivity index is 2.31. The van der Waals surface area contributed by atoms with Crippen LogP contribution in [0.15, 0.2) is 28.9 Å². The third-order valence-corrected chi connectivity index (χ3v) is 3.05. The fourth-order valence-corrected chi connectivity index (χ4v) is 1.89. The summed E-state index contributed by atoms with van der Waals surface area (Å²) in [5, 5.41) is 8.56. The lowest BCUT2D eigenvalue weighted by Crippen LogP contribution is -2.21. The first-order valence-electron chi connectivity index (χ1n) is 7.06. The summed E-state index contributed by atoms with van der Waals surface area (Å²) in [6.07, 6.45) is 1.62. The molecule has 0 atom stereocenters. The van der Waals surface area contributed by atoms with Gasteiger partial charge in [-0.15, -0.1) is 0 Å². The van der Waals surface area contributed by atoms with Gasteiger partial charge in [0.15, 0.2) is 23.8 Å². The second kappa shape index (κ2) is 6.53. The molecule has 0 bridgehead atoms. The Morgan fingerprint density at radius 2 is 2.09 bits per heavy atom. The predicted molar refractivity (Wildman–Crippen MR) is 85.1 cm³/mol. The maximum absolute atomic E-state index is 11.9. The number of nitriles is 1. The fourth-order valence-electron chi connectivity index (χ4n) is 1.89. The van der Waals surface area contributed by atoms with Crippen molar-refractivity contribution >= 4 is 17.9 Å². The molecule has 0 amide bonds. The van der Waals surface area contributed by atoms with Crippen molar-refractivity contribution in [2.45, 2.75) is 20.8 Å². The molecular weight excluding hydrogens is 296 g/mol. The Morgan fingerprint density at radius 3 is 2.65 bits per heavy atom. The summed E-state index contributed by atoms with van der Waals surface area (Å²) in [7, 11) is 1.51. The van der Waals surface area contributed by atoms with Crippen molar-refractivity contribution in [3.8, 4) is 17.6 Å². The standard InChI is InChI=1S/C17H18N2O4/c1-17(2,3)16-19-12(15(20)23-16)9-11-5-6-13(22-8-7-18)14(10-11)21-4/h5-6,9-10H,8H2,1-4H3/b12-9-. The van der Waals surface area contributed by atoms with Crippen molar-refractivity contribution in [2.75, 3.05) is 13.7 Å². The summed E-state index contributed by atoms with van der Waals surface area (Å²) < 4.78 is 15.7. The number of benzene rings is 1. The van der Waals surface area contributed by atoms with E-state index in [2.05, 4.69) is 4.99 Å². The Hall–Kier alpha value is -2.81. The van der Waals surface area contributed by atoms with Gasteiger partial charge in [0, 0.05) is 5.41 Å². The molecule has 1 aliphatic rings. The van der Waals surface area contributed by atoms with Crippen molar-refractivity contribution in [1.29, 1.82) is 5.26 Å². The van der Waals surface area contributed by atoms with E-state index in [0.717, 1.165) is 5.56 Å². The van der Waals surface area contributed by atoms with Gasteiger partial charge in [-0.2, -0.15) is 5.26 Å². The first-order valence-corrected chi connectivity index (χ1v) is 7.06. The number of carbonyl (C=O) groups excluding carboxylic acids is 1. The zero-order chi connectivity index (χ0) is 17.0. The molecule has 0 saturated carbocycles. The Bertz CT molecular complexity index is 721. The largest absolute Gasteiger partial charge is 0.493 e. The van der Waals surface area contributed by atoms with E-state index < -0.39 is 5.97 Å². The number of cyclic esters (lactones) is 1. The zero-order valence-electron chi connectivity index (χ0n) is 13.5. The smallest absolute Gasteiger partial charge is 0.363 e. The topological polar surface area (TPSA) is 80.9 Å². The highest BCUT2D eigenvalue weighted by Crippen LogP contribution is 2.30. The number of carbonyl (C=O) groups is 1. The molecule has 0 aliphatic carbocycles. The minimum atomic E-state index is -0.473.